The topological polar surface area (TPSA) is 38.7 Å². The Bertz CT molecular complexity index is 447. The summed E-state index contributed by atoms with van der Waals surface area (Å²) >= 11 is 0. The third-order valence-electron chi connectivity index (χ3n) is 2.50. The van der Waals surface area contributed by atoms with Gasteiger partial charge in [-0.15, -0.1) is 0 Å². The molecule has 1 N–H and O–H groups in total. The van der Waals surface area contributed by atoms with Gasteiger partial charge in [0.25, 0.3) is 0 Å². The molecule has 0 spiro atoms. The third kappa shape index (κ3) is 3.70. The zero-order chi connectivity index (χ0) is 12.6. The molecule has 91 valence electrons. The van der Waals surface area contributed by atoms with Crippen molar-refractivity contribution in [3.8, 4) is 0 Å². The molecule has 0 amide bonds. The highest BCUT2D eigenvalue weighted by molar-refractivity contribution is 6.15. The number of hydrogen-bond acceptors (Lipinski definition) is 3. The van der Waals surface area contributed by atoms with E-state index in [0.29, 0.717) is 14.3 Å². The lowest BCUT2D eigenvalue weighted by Crippen LogP contribution is -2.11. The molecule has 0 bridgehead atoms. The fraction of sp³-hybridized carbons (Fsp3) is 0.143. The molecule has 0 heterocycles. The number of ether oxygens (including phenoxy) is 1. The van der Waals surface area contributed by atoms with Crippen molar-refractivity contribution in [1.82, 2.24) is 0 Å². The Labute approximate surface area is 107 Å². The molecule has 3 nitrogen and oxygen atoms in total. The van der Waals surface area contributed by atoms with E-state index in [4.69, 9.17) is 14.4 Å². The van der Waals surface area contributed by atoms with Crippen LogP contribution >= 0.6 is 0 Å². The van der Waals surface area contributed by atoms with Gasteiger partial charge < -0.3 is 14.4 Å². The first kappa shape index (κ1) is 12.8. The van der Waals surface area contributed by atoms with Crippen molar-refractivity contribution in [2.45, 2.75) is 12.9 Å². The molecular formula is C14H14BO3. The maximum absolute atomic E-state index is 8.77. The van der Waals surface area contributed by atoms with Crippen molar-refractivity contribution >= 4 is 7.69 Å². The van der Waals surface area contributed by atoms with Gasteiger partial charge in [-0.2, -0.15) is 0 Å². The van der Waals surface area contributed by atoms with Gasteiger partial charge in [0.15, 0.2) is 6.29 Å². The second kappa shape index (κ2) is 6.96. The smallest absolute Gasteiger partial charge is 0.429 e. The maximum atomic E-state index is 8.77. The van der Waals surface area contributed by atoms with E-state index in [0.717, 1.165) is 11.1 Å². The molecule has 2 rings (SSSR count). The molecular weight excluding hydrogens is 227 g/mol. The first-order chi connectivity index (χ1) is 8.90. The van der Waals surface area contributed by atoms with Crippen molar-refractivity contribution in [2.75, 3.05) is 0 Å². The van der Waals surface area contributed by atoms with Crippen molar-refractivity contribution in [3.05, 3.63) is 71.8 Å². The molecule has 0 aliphatic carbocycles. The number of hydrogen-bond donors (Lipinski definition) is 1. The lowest BCUT2D eigenvalue weighted by molar-refractivity contribution is -0.0984. The molecule has 1 unspecified atom stereocenters. The first-order valence-electron chi connectivity index (χ1n) is 5.72. The normalized spacial score (nSPS) is 12.1. The molecule has 2 aromatic carbocycles. The van der Waals surface area contributed by atoms with Crippen LogP contribution in [0.5, 0.6) is 0 Å². The van der Waals surface area contributed by atoms with Gasteiger partial charge in [-0.05, 0) is 5.56 Å². The van der Waals surface area contributed by atoms with Crippen LogP contribution in [0.2, 0.25) is 0 Å². The van der Waals surface area contributed by atoms with Gasteiger partial charge in [0.1, 0.15) is 0 Å². The molecule has 18 heavy (non-hydrogen) atoms. The number of rotatable bonds is 6. The average molecular weight is 241 g/mol. The Hall–Kier alpha value is -1.62. The molecule has 0 aliphatic heterocycles. The van der Waals surface area contributed by atoms with Gasteiger partial charge in [-0.1, -0.05) is 60.7 Å². The summed E-state index contributed by atoms with van der Waals surface area (Å²) in [5, 5.41) is 8.77. The van der Waals surface area contributed by atoms with Crippen LogP contribution in [0.15, 0.2) is 60.7 Å². The summed E-state index contributed by atoms with van der Waals surface area (Å²) in [5.74, 6) is 0. The third-order valence-corrected chi connectivity index (χ3v) is 2.50. The SMILES string of the molecule is O[B]OC(OCc1ccccc1)c1ccccc1. The molecule has 0 saturated heterocycles. The van der Waals surface area contributed by atoms with Gasteiger partial charge in [-0.25, -0.2) is 0 Å². The average Bonchev–Trinajstić information content (AvgIpc) is 2.45. The molecule has 0 aliphatic rings. The van der Waals surface area contributed by atoms with Crippen molar-refractivity contribution in [3.63, 3.8) is 0 Å². The van der Waals surface area contributed by atoms with Crippen LogP contribution in [-0.2, 0) is 16.0 Å². The van der Waals surface area contributed by atoms with Crippen molar-refractivity contribution in [1.29, 1.82) is 0 Å². The summed E-state index contributed by atoms with van der Waals surface area (Å²) in [6.45, 7) is 0.425. The molecule has 0 saturated carbocycles. The predicted octanol–water partition coefficient (Wildman–Crippen LogP) is 2.45. The second-order valence-electron chi connectivity index (χ2n) is 3.78. The van der Waals surface area contributed by atoms with Gasteiger partial charge in [0.2, 0.25) is 0 Å². The molecule has 4 heteroatoms. The van der Waals surface area contributed by atoms with E-state index < -0.39 is 6.29 Å². The monoisotopic (exact) mass is 241 g/mol. The molecule has 1 atom stereocenters. The standard InChI is InChI=1S/C14H14BO3/c16-15-18-14(13-9-5-2-6-10-13)17-11-12-7-3-1-4-8-12/h1-10,14,16H,11H2. The fourth-order valence-corrected chi connectivity index (χ4v) is 1.63. The van der Waals surface area contributed by atoms with E-state index in [9.17, 15) is 0 Å². The Morgan fingerprint density at radius 2 is 1.56 bits per heavy atom. The van der Waals surface area contributed by atoms with Gasteiger partial charge in [0, 0.05) is 5.56 Å². The van der Waals surface area contributed by atoms with E-state index in [1.165, 1.54) is 0 Å². The minimum Gasteiger partial charge on any atom is -0.429 e. The Kier molecular flexibility index (Phi) is 4.96. The molecule has 0 fully saturated rings. The number of benzene rings is 2. The minimum atomic E-state index is -0.601. The van der Waals surface area contributed by atoms with E-state index in [-0.39, 0.29) is 0 Å². The maximum Gasteiger partial charge on any atom is 0.487 e. The van der Waals surface area contributed by atoms with Gasteiger partial charge >= 0.3 is 7.69 Å². The molecule has 1 radical (unpaired) electrons. The Morgan fingerprint density at radius 3 is 2.17 bits per heavy atom. The van der Waals surface area contributed by atoms with Gasteiger partial charge in [0.05, 0.1) is 6.61 Å². The minimum absolute atomic E-state index is 0.425. The summed E-state index contributed by atoms with van der Waals surface area (Å²) < 4.78 is 10.7. The summed E-state index contributed by atoms with van der Waals surface area (Å²) in [4.78, 5) is 0. The highest BCUT2D eigenvalue weighted by atomic mass is 16.7. The highest BCUT2D eigenvalue weighted by Crippen LogP contribution is 2.19. The first-order valence-corrected chi connectivity index (χ1v) is 5.72. The Balaban J connectivity index is 1.99. The second-order valence-corrected chi connectivity index (χ2v) is 3.78. The molecule has 2 aromatic rings. The van der Waals surface area contributed by atoms with Crippen LogP contribution in [0.1, 0.15) is 17.4 Å². The zero-order valence-electron chi connectivity index (χ0n) is 9.90. The van der Waals surface area contributed by atoms with Crippen LogP contribution in [0.3, 0.4) is 0 Å². The summed E-state index contributed by atoms with van der Waals surface area (Å²) in [5.41, 5.74) is 1.92. The van der Waals surface area contributed by atoms with Crippen LogP contribution in [-0.4, -0.2) is 12.7 Å². The van der Waals surface area contributed by atoms with Crippen LogP contribution in [0.4, 0.5) is 0 Å². The summed E-state index contributed by atoms with van der Waals surface area (Å²) in [6, 6.07) is 19.3. The van der Waals surface area contributed by atoms with Crippen molar-refractivity contribution in [2.24, 2.45) is 0 Å². The predicted molar refractivity (Wildman–Crippen MR) is 69.5 cm³/mol. The van der Waals surface area contributed by atoms with Crippen LogP contribution in [0, 0.1) is 0 Å². The lowest BCUT2D eigenvalue weighted by Gasteiger charge is -2.17. The van der Waals surface area contributed by atoms with E-state index in [2.05, 4.69) is 0 Å². The highest BCUT2D eigenvalue weighted by Gasteiger charge is 2.12. The summed E-state index contributed by atoms with van der Waals surface area (Å²) in [6.07, 6.45) is -0.601. The van der Waals surface area contributed by atoms with E-state index >= 15 is 0 Å². The van der Waals surface area contributed by atoms with Crippen LogP contribution < -0.4 is 0 Å². The fourth-order valence-electron chi connectivity index (χ4n) is 1.63. The van der Waals surface area contributed by atoms with Gasteiger partial charge in [-0.3, -0.25) is 0 Å². The Morgan fingerprint density at radius 1 is 0.944 bits per heavy atom. The molecule has 0 aromatic heterocycles. The largest absolute Gasteiger partial charge is 0.487 e. The van der Waals surface area contributed by atoms with Crippen molar-refractivity contribution < 1.29 is 14.4 Å². The lowest BCUT2D eigenvalue weighted by atomic mass is 10.2. The quantitative estimate of drug-likeness (QED) is 0.623. The van der Waals surface area contributed by atoms with Crippen LogP contribution in [0.25, 0.3) is 0 Å². The van der Waals surface area contributed by atoms with E-state index in [1.54, 1.807) is 0 Å². The summed E-state index contributed by atoms with van der Waals surface area (Å²) in [7, 11) is 0.655. The zero-order valence-corrected chi connectivity index (χ0v) is 9.90. The van der Waals surface area contributed by atoms with E-state index in [1.807, 2.05) is 60.7 Å².